The van der Waals surface area contributed by atoms with Gasteiger partial charge in [-0.15, -0.1) is 0 Å². The molecule has 2 N–H and O–H groups in total. The number of nitro groups is 1. The Hall–Kier alpha value is -2.45. The zero-order chi connectivity index (χ0) is 15.6. The highest BCUT2D eigenvalue weighted by Crippen LogP contribution is 2.31. The summed E-state index contributed by atoms with van der Waals surface area (Å²) in [5, 5.41) is 17.0. The molecule has 2 heterocycles. The Labute approximate surface area is 121 Å². The highest BCUT2D eigenvalue weighted by Gasteiger charge is 2.33. The smallest absolute Gasteiger partial charge is 0.332 e. The van der Waals surface area contributed by atoms with Crippen LogP contribution in [-0.2, 0) is 4.79 Å². The van der Waals surface area contributed by atoms with Gasteiger partial charge in [0.15, 0.2) is 0 Å². The normalized spacial score (nSPS) is 18.3. The number of piperazine rings is 1. The van der Waals surface area contributed by atoms with Crippen LogP contribution in [0.2, 0.25) is 0 Å². The SMILES string of the molecule is CCNc1nc(C)c([N+](=O)[O-])c(N2CCNC(=O)C2C)n1. The molecule has 114 valence electrons. The van der Waals surface area contributed by atoms with Crippen LogP contribution in [0.4, 0.5) is 17.5 Å². The minimum absolute atomic E-state index is 0.154. The zero-order valence-electron chi connectivity index (χ0n) is 12.2. The summed E-state index contributed by atoms with van der Waals surface area (Å²) in [6.07, 6.45) is 0. The largest absolute Gasteiger partial charge is 0.354 e. The molecule has 1 aromatic rings. The summed E-state index contributed by atoms with van der Waals surface area (Å²) in [6.45, 7) is 6.65. The molecular formula is C12H18N6O3. The van der Waals surface area contributed by atoms with Crippen molar-refractivity contribution in [1.82, 2.24) is 15.3 Å². The second kappa shape index (κ2) is 5.90. The number of hydrogen-bond acceptors (Lipinski definition) is 7. The summed E-state index contributed by atoms with van der Waals surface area (Å²) in [7, 11) is 0. The Morgan fingerprint density at radius 3 is 2.86 bits per heavy atom. The molecule has 1 aliphatic rings. The highest BCUT2D eigenvalue weighted by atomic mass is 16.6. The van der Waals surface area contributed by atoms with E-state index in [-0.39, 0.29) is 23.1 Å². The molecule has 0 radical (unpaired) electrons. The van der Waals surface area contributed by atoms with E-state index in [1.165, 1.54) is 0 Å². The van der Waals surface area contributed by atoms with Gasteiger partial charge in [0.25, 0.3) is 0 Å². The number of amides is 1. The Balaban J connectivity index is 2.53. The van der Waals surface area contributed by atoms with Gasteiger partial charge in [0, 0.05) is 19.6 Å². The van der Waals surface area contributed by atoms with Crippen LogP contribution in [0.25, 0.3) is 0 Å². The van der Waals surface area contributed by atoms with Crippen LogP contribution < -0.4 is 15.5 Å². The van der Waals surface area contributed by atoms with Crippen molar-refractivity contribution in [2.45, 2.75) is 26.8 Å². The monoisotopic (exact) mass is 294 g/mol. The number of aryl methyl sites for hydroxylation is 1. The van der Waals surface area contributed by atoms with Crippen LogP contribution >= 0.6 is 0 Å². The second-order valence-electron chi connectivity index (χ2n) is 4.75. The summed E-state index contributed by atoms with van der Waals surface area (Å²) >= 11 is 0. The molecule has 2 rings (SSSR count). The lowest BCUT2D eigenvalue weighted by Crippen LogP contribution is -2.54. The third-order valence-corrected chi connectivity index (χ3v) is 3.33. The summed E-state index contributed by atoms with van der Waals surface area (Å²) in [5.41, 5.74) is 0.123. The van der Waals surface area contributed by atoms with Gasteiger partial charge in [-0.25, -0.2) is 4.98 Å². The second-order valence-corrected chi connectivity index (χ2v) is 4.75. The minimum atomic E-state index is -0.513. The number of aromatic nitrogens is 2. The van der Waals surface area contributed by atoms with Gasteiger partial charge in [0.1, 0.15) is 11.7 Å². The van der Waals surface area contributed by atoms with Crippen LogP contribution in [0.1, 0.15) is 19.5 Å². The molecule has 0 aromatic carbocycles. The predicted molar refractivity (Wildman–Crippen MR) is 77.4 cm³/mol. The maximum atomic E-state index is 11.8. The zero-order valence-corrected chi connectivity index (χ0v) is 12.2. The summed E-state index contributed by atoms with van der Waals surface area (Å²) in [5.74, 6) is 0.344. The maximum Gasteiger partial charge on any atom is 0.332 e. The first kappa shape index (κ1) is 14.9. The number of nitrogens with one attached hydrogen (secondary N) is 2. The minimum Gasteiger partial charge on any atom is -0.354 e. The van der Waals surface area contributed by atoms with Crippen molar-refractivity contribution in [3.05, 3.63) is 15.8 Å². The third kappa shape index (κ3) is 2.86. The Morgan fingerprint density at radius 1 is 1.52 bits per heavy atom. The third-order valence-electron chi connectivity index (χ3n) is 3.33. The maximum absolute atomic E-state index is 11.8. The molecule has 1 fully saturated rings. The first-order valence-corrected chi connectivity index (χ1v) is 6.77. The van der Waals surface area contributed by atoms with Crippen molar-refractivity contribution >= 4 is 23.4 Å². The summed E-state index contributed by atoms with van der Waals surface area (Å²) in [4.78, 5) is 32.6. The fourth-order valence-electron chi connectivity index (χ4n) is 2.27. The lowest BCUT2D eigenvalue weighted by Gasteiger charge is -2.33. The van der Waals surface area contributed by atoms with Crippen molar-refractivity contribution in [3.63, 3.8) is 0 Å². The number of nitrogens with zero attached hydrogens (tertiary/aromatic N) is 4. The molecule has 1 unspecified atom stereocenters. The highest BCUT2D eigenvalue weighted by molar-refractivity contribution is 5.86. The van der Waals surface area contributed by atoms with E-state index in [9.17, 15) is 14.9 Å². The van der Waals surface area contributed by atoms with Crippen molar-refractivity contribution in [1.29, 1.82) is 0 Å². The molecule has 1 aromatic heterocycles. The Kier molecular flexibility index (Phi) is 4.20. The Morgan fingerprint density at radius 2 is 2.24 bits per heavy atom. The van der Waals surface area contributed by atoms with Gasteiger partial charge in [-0.2, -0.15) is 4.98 Å². The van der Waals surface area contributed by atoms with Gasteiger partial charge in [-0.3, -0.25) is 14.9 Å². The molecular weight excluding hydrogens is 276 g/mol. The molecule has 0 bridgehead atoms. The quantitative estimate of drug-likeness (QED) is 0.612. The molecule has 0 aliphatic carbocycles. The molecule has 0 spiro atoms. The molecule has 9 heteroatoms. The average Bonchev–Trinajstić information content (AvgIpc) is 2.41. The fraction of sp³-hybridized carbons (Fsp3) is 0.583. The van der Waals surface area contributed by atoms with Gasteiger partial charge in [-0.1, -0.05) is 0 Å². The van der Waals surface area contributed by atoms with E-state index in [4.69, 9.17) is 0 Å². The van der Waals surface area contributed by atoms with Gasteiger partial charge in [0.05, 0.1) is 4.92 Å². The van der Waals surface area contributed by atoms with Crippen molar-refractivity contribution in [3.8, 4) is 0 Å². The first-order chi connectivity index (χ1) is 9.95. The molecule has 1 amide bonds. The average molecular weight is 294 g/mol. The summed E-state index contributed by atoms with van der Waals surface area (Å²) < 4.78 is 0. The van der Waals surface area contributed by atoms with Crippen LogP contribution in [0.15, 0.2) is 0 Å². The lowest BCUT2D eigenvalue weighted by molar-refractivity contribution is -0.385. The fourth-order valence-corrected chi connectivity index (χ4v) is 2.27. The van der Waals surface area contributed by atoms with E-state index in [0.717, 1.165) is 0 Å². The standard InChI is InChI=1S/C12H18N6O3/c1-4-13-12-15-7(2)9(18(20)21)10(16-12)17-6-5-14-11(19)8(17)3/h8H,4-6H2,1-3H3,(H,14,19)(H,13,15,16). The van der Waals surface area contributed by atoms with Crippen molar-refractivity contribution < 1.29 is 9.72 Å². The number of anilines is 2. The van der Waals surface area contributed by atoms with E-state index in [0.29, 0.717) is 25.6 Å². The molecule has 21 heavy (non-hydrogen) atoms. The molecule has 9 nitrogen and oxygen atoms in total. The van der Waals surface area contributed by atoms with Crippen molar-refractivity contribution in [2.24, 2.45) is 0 Å². The van der Waals surface area contributed by atoms with E-state index >= 15 is 0 Å². The van der Waals surface area contributed by atoms with Crippen LogP contribution in [0.5, 0.6) is 0 Å². The van der Waals surface area contributed by atoms with Crippen LogP contribution in [-0.4, -0.2) is 46.5 Å². The lowest BCUT2D eigenvalue weighted by atomic mass is 10.2. The predicted octanol–water partition coefficient (Wildman–Crippen LogP) is 0.450. The van der Waals surface area contributed by atoms with E-state index in [1.807, 2.05) is 6.92 Å². The number of rotatable bonds is 4. The molecule has 1 atom stereocenters. The molecule has 1 aliphatic heterocycles. The van der Waals surface area contributed by atoms with Gasteiger partial charge < -0.3 is 15.5 Å². The number of carbonyl (C=O) groups excluding carboxylic acids is 1. The van der Waals surface area contributed by atoms with Crippen LogP contribution in [0, 0.1) is 17.0 Å². The van der Waals surface area contributed by atoms with Gasteiger partial charge in [-0.05, 0) is 20.8 Å². The summed E-state index contributed by atoms with van der Waals surface area (Å²) in [6, 6.07) is -0.513. The van der Waals surface area contributed by atoms with E-state index in [1.54, 1.807) is 18.7 Å². The topological polar surface area (TPSA) is 113 Å². The van der Waals surface area contributed by atoms with E-state index < -0.39 is 11.0 Å². The van der Waals surface area contributed by atoms with Gasteiger partial charge >= 0.3 is 5.69 Å². The van der Waals surface area contributed by atoms with E-state index in [2.05, 4.69) is 20.6 Å². The Bertz CT molecular complexity index is 576. The molecule has 0 saturated carbocycles. The first-order valence-electron chi connectivity index (χ1n) is 6.77. The number of carbonyl (C=O) groups is 1. The van der Waals surface area contributed by atoms with Crippen molar-refractivity contribution in [2.75, 3.05) is 29.9 Å². The molecule has 1 saturated heterocycles. The van der Waals surface area contributed by atoms with Crippen LogP contribution in [0.3, 0.4) is 0 Å². The number of hydrogen-bond donors (Lipinski definition) is 2. The van der Waals surface area contributed by atoms with Gasteiger partial charge in [0.2, 0.25) is 17.7 Å².